The van der Waals surface area contributed by atoms with E-state index >= 15 is 0 Å². The molecule has 0 fully saturated rings. The molecule has 0 atom stereocenters. The van der Waals surface area contributed by atoms with Gasteiger partial charge in [-0.15, -0.1) is 56.7 Å². The molecule has 0 spiro atoms. The van der Waals surface area contributed by atoms with Crippen molar-refractivity contribution in [3.8, 4) is 58.1 Å². The van der Waals surface area contributed by atoms with E-state index in [1.807, 2.05) is 36.4 Å². The van der Waals surface area contributed by atoms with Gasteiger partial charge in [0, 0.05) is 138 Å². The van der Waals surface area contributed by atoms with E-state index in [1.54, 1.807) is 125 Å². The third-order valence-corrected chi connectivity index (χ3v) is 20.8. The number of thiophene rings is 5. The van der Waals surface area contributed by atoms with Crippen LogP contribution in [0.15, 0.2) is 123 Å². The number of benzene rings is 4. The first kappa shape index (κ1) is 66.3. The first-order valence-corrected chi connectivity index (χ1v) is 32.3. The molecule has 0 saturated carbocycles. The summed E-state index contributed by atoms with van der Waals surface area (Å²) in [6.45, 7) is 0. The minimum absolute atomic E-state index is 0.205. The van der Waals surface area contributed by atoms with Gasteiger partial charge in [-0.05, 0) is 72.3 Å². The molecule has 3 N–H and O–H groups in total. The van der Waals surface area contributed by atoms with Gasteiger partial charge in [-0.1, -0.05) is 0 Å². The highest BCUT2D eigenvalue weighted by Gasteiger charge is 2.32. The fourth-order valence-electron chi connectivity index (χ4n) is 11.0. The zero-order valence-corrected chi connectivity index (χ0v) is 56.3. The normalized spacial score (nSPS) is 11.2. The van der Waals surface area contributed by atoms with Crippen molar-refractivity contribution in [2.45, 2.75) is 0 Å². The predicted octanol–water partition coefficient (Wildman–Crippen LogP) is 14.7. The molecule has 96 heavy (non-hydrogen) atoms. The van der Waals surface area contributed by atoms with Gasteiger partial charge in [0.15, 0.2) is 5.78 Å². The number of carbonyl (C=O) groups excluding carboxylic acids is 4. The maximum Gasteiger partial charge on any atom is 0.345 e. The first-order valence-electron chi connectivity index (χ1n) is 27.9. The van der Waals surface area contributed by atoms with Gasteiger partial charge in [-0.2, -0.15) is 10.5 Å². The number of nitriles is 2. The molecule has 1 aliphatic rings. The van der Waals surface area contributed by atoms with Gasteiger partial charge in [0.1, 0.15) is 72.8 Å². The Morgan fingerprint density at radius 1 is 0.406 bits per heavy atom. The highest BCUT2D eigenvalue weighted by atomic mass is 35.5. The molecule has 10 heterocycles. The number of nitrogens with two attached hydrogens (primary N) is 1. The van der Waals surface area contributed by atoms with E-state index < -0.39 is 17.1 Å². The third-order valence-electron chi connectivity index (χ3n) is 15.0. The number of carboxylic acid groups (broad SMARTS) is 1. The summed E-state index contributed by atoms with van der Waals surface area (Å²) in [5, 5.41) is 36.7. The summed E-state index contributed by atoms with van der Waals surface area (Å²) < 4.78 is 47.3. The standard InChI is InChI=1S/C14H10ClNO3S.C14H12N2O3S.C14H10N2O2S.C14H11NO4S.C12H4N2O2S/c2*1-18-11-8-5-10(14(15)17)20-13(8)12(19-2)7-3-4-16-6-9(7)11;1-17-12-10-5-8(6-15)19-14(10)13(18-2)9-3-4-16-7-11(9)12;1-18-11-8-5-10(14(16)17)20-13(8)12(19-2)7-3-4-15-6-9(7)11;13-4-6-3-8-10(15)9-5-14-2-1-7(9)11(16)12(8)17-6/h3-6H,1-2H3;3-6H,1-2H3,(H2,15,17);3-5,7H,1-2H3;3-6H,1-2H3,(H,16,17);1-3,5H. The SMILES string of the molecule is COc1c2cnccc2c(OC)c2sc(C#N)cc12.COc1c2cnccc2c(OC)c2sc(C(=O)Cl)cc12.COc1c2cnccc2c(OC)c2sc(C(=O)O)cc12.COc1c2cnccc2c(OC)c2sc(C(N)=O)cc12.N#Cc1cc2c(s1)C(=O)c1ccncc1C2=O. The molecule has 0 saturated heterocycles. The van der Waals surface area contributed by atoms with Crippen LogP contribution in [-0.2, 0) is 0 Å². The van der Waals surface area contributed by atoms with Gasteiger partial charge >= 0.3 is 5.97 Å². The minimum Gasteiger partial charge on any atom is -0.495 e. The number of hydrogen-bond acceptors (Lipinski definition) is 25. The largest absolute Gasteiger partial charge is 0.495 e. The second-order valence-electron chi connectivity index (χ2n) is 20.0. The van der Waals surface area contributed by atoms with Crippen molar-refractivity contribution in [3.05, 3.63) is 169 Å². The van der Waals surface area contributed by atoms with Gasteiger partial charge in [0.25, 0.3) is 11.1 Å². The molecule has 22 nitrogen and oxygen atoms in total. The summed E-state index contributed by atoms with van der Waals surface area (Å²) in [5.41, 5.74) is 6.36. The van der Waals surface area contributed by atoms with Gasteiger partial charge in [0.05, 0.1) is 95.9 Å². The fraction of sp³-hybridized carbons (Fsp3) is 0.118. The molecule has 14 aromatic rings. The summed E-state index contributed by atoms with van der Waals surface area (Å²) in [4.78, 5) is 81.0. The van der Waals surface area contributed by atoms with E-state index in [9.17, 15) is 24.0 Å². The van der Waals surface area contributed by atoms with Gasteiger partial charge in [-0.25, -0.2) is 4.79 Å². The zero-order valence-electron chi connectivity index (χ0n) is 51.4. The maximum absolute atomic E-state index is 12.1. The smallest absolute Gasteiger partial charge is 0.345 e. The second-order valence-corrected chi connectivity index (χ2v) is 25.6. The number of aromatic nitrogens is 5. The molecule has 1 amide bonds. The summed E-state index contributed by atoms with van der Waals surface area (Å²) in [6.07, 6.45) is 16.5. The number of hydrogen-bond donors (Lipinski definition) is 2. The van der Waals surface area contributed by atoms with Crippen molar-refractivity contribution < 1.29 is 67.0 Å². The predicted molar refractivity (Wildman–Crippen MR) is 371 cm³/mol. The van der Waals surface area contributed by atoms with Crippen molar-refractivity contribution in [2.24, 2.45) is 5.73 Å². The Kier molecular flexibility index (Phi) is 19.5. The van der Waals surface area contributed by atoms with Crippen LogP contribution in [0.2, 0.25) is 0 Å². The maximum atomic E-state index is 12.1. The number of carbonyl (C=O) groups is 5. The Labute approximate surface area is 568 Å². The Hall–Kier alpha value is -11.2. The number of ketones is 2. The molecule has 15 rings (SSSR count). The number of fused-ring (bicyclic) bond motifs is 10. The quantitative estimate of drug-likeness (QED) is 0.114. The lowest BCUT2D eigenvalue weighted by atomic mass is 9.90. The van der Waals surface area contributed by atoms with Gasteiger partial charge in [0.2, 0.25) is 5.78 Å². The summed E-state index contributed by atoms with van der Waals surface area (Å²) >= 11 is 11.8. The molecule has 0 aliphatic heterocycles. The number of carboxylic acids is 1. The number of methoxy groups -OCH3 is 8. The molecule has 10 aromatic heterocycles. The van der Waals surface area contributed by atoms with Crippen LogP contribution in [0.5, 0.6) is 46.0 Å². The van der Waals surface area contributed by atoms with E-state index in [-0.39, 0.29) is 16.4 Å². The number of halogens is 1. The third kappa shape index (κ3) is 11.9. The van der Waals surface area contributed by atoms with Crippen LogP contribution in [-0.4, -0.2) is 116 Å². The number of primary amides is 1. The number of aromatic carboxylic acids is 1. The van der Waals surface area contributed by atoms with Crippen molar-refractivity contribution in [3.63, 3.8) is 0 Å². The molecule has 0 unspecified atom stereocenters. The first-order chi connectivity index (χ1) is 46.5. The summed E-state index contributed by atoms with van der Waals surface area (Å²) in [6, 6.07) is 21.4. The minimum atomic E-state index is -0.961. The van der Waals surface area contributed by atoms with Crippen LogP contribution < -0.4 is 43.6 Å². The summed E-state index contributed by atoms with van der Waals surface area (Å²) in [5.74, 6) is 3.65. The van der Waals surface area contributed by atoms with Crippen LogP contribution in [0.1, 0.15) is 69.9 Å². The average Bonchev–Trinajstić information content (AvgIpc) is 1.57. The molecule has 1 aliphatic carbocycles. The Morgan fingerprint density at radius 3 is 1.14 bits per heavy atom. The monoisotopic (exact) mass is 1390 g/mol. The van der Waals surface area contributed by atoms with Crippen LogP contribution in [0.25, 0.3) is 83.4 Å². The second kappa shape index (κ2) is 28.2. The van der Waals surface area contributed by atoms with Crippen LogP contribution in [0.4, 0.5) is 0 Å². The van der Waals surface area contributed by atoms with Crippen molar-refractivity contribution in [1.29, 1.82) is 10.5 Å². The van der Waals surface area contributed by atoms with Crippen LogP contribution in [0.3, 0.4) is 0 Å². The van der Waals surface area contributed by atoms with Crippen molar-refractivity contribution in [1.82, 2.24) is 24.9 Å². The summed E-state index contributed by atoms with van der Waals surface area (Å²) in [7, 11) is 12.8. The van der Waals surface area contributed by atoms with E-state index in [4.69, 9.17) is 70.9 Å². The van der Waals surface area contributed by atoms with E-state index in [0.717, 1.165) is 106 Å². The number of amides is 1. The molecule has 480 valence electrons. The highest BCUT2D eigenvalue weighted by molar-refractivity contribution is 7.23. The molecule has 0 radical (unpaired) electrons. The fourth-order valence-corrected chi connectivity index (χ4v) is 16.1. The number of rotatable bonds is 11. The number of nitrogens with zero attached hydrogens (tertiary/aromatic N) is 7. The van der Waals surface area contributed by atoms with Crippen molar-refractivity contribution in [2.75, 3.05) is 56.9 Å². The van der Waals surface area contributed by atoms with Gasteiger partial charge in [-0.3, -0.25) is 44.1 Å². The zero-order chi connectivity index (χ0) is 68.2. The lowest BCUT2D eigenvalue weighted by Gasteiger charge is -2.12. The number of ether oxygens (including phenoxy) is 8. The topological polar surface area (TPSA) is 317 Å². The average molecular weight is 1400 g/mol. The van der Waals surface area contributed by atoms with Crippen LogP contribution >= 0.6 is 68.3 Å². The van der Waals surface area contributed by atoms with E-state index in [2.05, 4.69) is 31.0 Å². The molecular weight excluding hydrogens is 1350 g/mol. The van der Waals surface area contributed by atoms with E-state index in [1.165, 1.54) is 69.9 Å². The Morgan fingerprint density at radius 2 is 0.750 bits per heavy atom. The highest BCUT2D eigenvalue weighted by Crippen LogP contribution is 2.50. The number of pyridine rings is 5. The lowest BCUT2D eigenvalue weighted by molar-refractivity contribution is 0.0701. The molecule has 28 heteroatoms. The molecule has 4 aromatic carbocycles. The molecule has 0 bridgehead atoms. The Bertz CT molecular complexity index is 4970. The lowest BCUT2D eigenvalue weighted by Crippen LogP contribution is -2.18. The van der Waals surface area contributed by atoms with Crippen molar-refractivity contribution >= 4 is 180 Å². The van der Waals surface area contributed by atoms with Gasteiger partial charge < -0.3 is 48.7 Å². The Balaban J connectivity index is 0.000000122. The van der Waals surface area contributed by atoms with Crippen LogP contribution in [0, 0.1) is 22.7 Å². The molecular formula is C68H47ClN8O14S5. The van der Waals surface area contributed by atoms with E-state index in [0.29, 0.717) is 75.6 Å².